The predicted molar refractivity (Wildman–Crippen MR) is 93.2 cm³/mol. The first-order valence-corrected chi connectivity index (χ1v) is 9.36. The fourth-order valence-electron chi connectivity index (χ4n) is 2.86. The second-order valence-corrected chi connectivity index (χ2v) is 7.81. The van der Waals surface area contributed by atoms with Gasteiger partial charge in [-0.05, 0) is 36.2 Å². The molecule has 1 atom stereocenters. The second kappa shape index (κ2) is 6.37. The van der Waals surface area contributed by atoms with E-state index >= 15 is 0 Å². The van der Waals surface area contributed by atoms with E-state index in [-0.39, 0.29) is 16.7 Å². The van der Waals surface area contributed by atoms with Crippen molar-refractivity contribution in [1.29, 1.82) is 0 Å². The number of amides is 1. The Labute approximate surface area is 142 Å². The molecule has 6 heteroatoms. The molecule has 1 heterocycles. The molecule has 1 aliphatic rings. The van der Waals surface area contributed by atoms with Gasteiger partial charge in [-0.3, -0.25) is 4.79 Å². The van der Waals surface area contributed by atoms with Gasteiger partial charge in [0.05, 0.1) is 10.8 Å². The fourth-order valence-corrected chi connectivity index (χ4v) is 4.33. The van der Waals surface area contributed by atoms with E-state index in [4.69, 9.17) is 0 Å². The molecule has 2 aromatic rings. The van der Waals surface area contributed by atoms with E-state index in [2.05, 4.69) is 5.32 Å². The van der Waals surface area contributed by atoms with Crippen LogP contribution >= 0.6 is 0 Å². The summed E-state index contributed by atoms with van der Waals surface area (Å²) >= 11 is 0. The lowest BCUT2D eigenvalue weighted by molar-refractivity contribution is -0.116. The molecule has 0 aromatic heterocycles. The number of nitrogens with zero attached hydrogens (tertiary/aromatic N) is 1. The maximum absolute atomic E-state index is 13.0. The lowest BCUT2D eigenvalue weighted by atomic mass is 10.0. The molecule has 1 amide bonds. The van der Waals surface area contributed by atoms with Crippen LogP contribution in [0, 0.1) is 0 Å². The van der Waals surface area contributed by atoms with Crippen LogP contribution in [0.15, 0.2) is 53.4 Å². The lowest BCUT2D eigenvalue weighted by Crippen LogP contribution is -2.30. The number of hydrogen-bond acceptors (Lipinski definition) is 3. The molecule has 126 valence electrons. The number of anilines is 1. The molecule has 0 fully saturated rings. The molecule has 2 aromatic carbocycles. The van der Waals surface area contributed by atoms with Crippen molar-refractivity contribution in [3.63, 3.8) is 0 Å². The normalized spacial score (nSPS) is 17.0. The monoisotopic (exact) mass is 344 g/mol. The van der Waals surface area contributed by atoms with Crippen molar-refractivity contribution in [3.8, 4) is 0 Å². The van der Waals surface area contributed by atoms with Crippen molar-refractivity contribution in [2.45, 2.75) is 31.2 Å². The molecule has 0 unspecified atom stereocenters. The van der Waals surface area contributed by atoms with Gasteiger partial charge >= 0.3 is 0 Å². The van der Waals surface area contributed by atoms with Crippen molar-refractivity contribution < 1.29 is 13.2 Å². The third kappa shape index (κ3) is 2.95. The summed E-state index contributed by atoms with van der Waals surface area (Å²) in [5, 5.41) is 2.76. The summed E-state index contributed by atoms with van der Waals surface area (Å²) in [5.74, 6) is -0.435. The minimum absolute atomic E-state index is 0.101. The van der Waals surface area contributed by atoms with E-state index in [0.29, 0.717) is 18.8 Å². The van der Waals surface area contributed by atoms with Crippen LogP contribution in [0.25, 0.3) is 0 Å². The van der Waals surface area contributed by atoms with E-state index in [1.807, 2.05) is 37.3 Å². The maximum Gasteiger partial charge on any atom is 0.243 e. The smallest absolute Gasteiger partial charge is 0.243 e. The molecular formula is C18H20N2O3S. The summed E-state index contributed by atoms with van der Waals surface area (Å²) in [7, 11) is -3.62. The highest BCUT2D eigenvalue weighted by Crippen LogP contribution is 2.34. The van der Waals surface area contributed by atoms with Gasteiger partial charge in [-0.15, -0.1) is 0 Å². The summed E-state index contributed by atoms with van der Waals surface area (Å²) in [4.78, 5) is 12.0. The summed E-state index contributed by atoms with van der Waals surface area (Å²) in [5.41, 5.74) is 2.36. The molecule has 0 radical (unpaired) electrons. The van der Waals surface area contributed by atoms with Gasteiger partial charge in [-0.25, -0.2) is 8.42 Å². The Hall–Kier alpha value is -2.18. The van der Waals surface area contributed by atoms with Gasteiger partial charge in [0.1, 0.15) is 0 Å². The molecule has 5 nitrogen and oxygen atoms in total. The molecule has 1 N–H and O–H groups in total. The number of rotatable bonds is 5. The van der Waals surface area contributed by atoms with Crippen LogP contribution in [-0.4, -0.2) is 25.2 Å². The van der Waals surface area contributed by atoms with Gasteiger partial charge in [0.2, 0.25) is 15.9 Å². The van der Waals surface area contributed by atoms with Crippen LogP contribution in [0.4, 0.5) is 5.69 Å². The first-order chi connectivity index (χ1) is 11.4. The van der Waals surface area contributed by atoms with E-state index in [1.54, 1.807) is 25.1 Å². The Kier molecular flexibility index (Phi) is 4.43. The molecule has 0 spiro atoms. The minimum Gasteiger partial charge on any atom is -0.325 e. The molecule has 0 aliphatic carbocycles. The highest BCUT2D eigenvalue weighted by atomic mass is 32.2. The summed E-state index contributed by atoms with van der Waals surface area (Å²) < 4.78 is 27.4. The zero-order valence-electron chi connectivity index (χ0n) is 13.7. The number of fused-ring (bicyclic) bond motifs is 1. The zero-order chi connectivity index (χ0) is 17.3. The van der Waals surface area contributed by atoms with Crippen molar-refractivity contribution in [1.82, 2.24) is 4.31 Å². The molecule has 0 saturated heterocycles. The average molecular weight is 344 g/mol. The van der Waals surface area contributed by atoms with Gasteiger partial charge in [-0.1, -0.05) is 37.3 Å². The van der Waals surface area contributed by atoms with Crippen LogP contribution in [-0.2, 0) is 21.4 Å². The largest absolute Gasteiger partial charge is 0.325 e. The molecular weight excluding hydrogens is 324 g/mol. The van der Waals surface area contributed by atoms with Crippen LogP contribution in [0.2, 0.25) is 0 Å². The van der Waals surface area contributed by atoms with Crippen molar-refractivity contribution in [2.24, 2.45) is 0 Å². The average Bonchev–Trinajstić information content (AvgIpc) is 2.87. The second-order valence-electron chi connectivity index (χ2n) is 5.88. The standard InChI is InChI=1S/C18H20N2O3S/c1-3-20(12-14-7-5-4-6-8-14)24(22,23)15-9-10-17-16(11-15)13(2)18(21)19-17/h4-11,13H,3,12H2,1-2H3,(H,19,21)/t13-/m1/s1. The summed E-state index contributed by atoms with van der Waals surface area (Å²) in [6, 6.07) is 14.3. The lowest BCUT2D eigenvalue weighted by Gasteiger charge is -2.21. The van der Waals surface area contributed by atoms with E-state index < -0.39 is 10.0 Å². The Morgan fingerprint density at radius 3 is 2.50 bits per heavy atom. The van der Waals surface area contributed by atoms with Gasteiger partial charge in [0.15, 0.2) is 0 Å². The quantitative estimate of drug-likeness (QED) is 0.907. The summed E-state index contributed by atoms with van der Waals surface area (Å²) in [6.07, 6.45) is 0. The SMILES string of the molecule is CCN(Cc1ccccc1)S(=O)(=O)c1ccc2c(c1)[C@@H](C)C(=O)N2. The first kappa shape index (κ1) is 16.7. The van der Waals surface area contributed by atoms with Crippen molar-refractivity contribution in [3.05, 3.63) is 59.7 Å². The Balaban J connectivity index is 1.94. The Morgan fingerprint density at radius 2 is 1.83 bits per heavy atom. The topological polar surface area (TPSA) is 66.5 Å². The van der Waals surface area contributed by atoms with E-state index in [9.17, 15) is 13.2 Å². The fraction of sp³-hybridized carbons (Fsp3) is 0.278. The highest BCUT2D eigenvalue weighted by molar-refractivity contribution is 7.89. The van der Waals surface area contributed by atoms with Gasteiger partial charge in [0, 0.05) is 18.8 Å². The third-order valence-corrected chi connectivity index (χ3v) is 6.25. The number of hydrogen-bond donors (Lipinski definition) is 1. The van der Waals surface area contributed by atoms with Gasteiger partial charge in [0.25, 0.3) is 0 Å². The van der Waals surface area contributed by atoms with Gasteiger partial charge in [-0.2, -0.15) is 4.31 Å². The van der Waals surface area contributed by atoms with Crippen molar-refractivity contribution >= 4 is 21.6 Å². The van der Waals surface area contributed by atoms with Gasteiger partial charge < -0.3 is 5.32 Å². The minimum atomic E-state index is -3.62. The highest BCUT2D eigenvalue weighted by Gasteiger charge is 2.30. The number of carbonyl (C=O) groups is 1. The number of nitrogens with one attached hydrogen (secondary N) is 1. The molecule has 3 rings (SSSR count). The number of carbonyl (C=O) groups excluding carboxylic acids is 1. The zero-order valence-corrected chi connectivity index (χ0v) is 14.5. The first-order valence-electron chi connectivity index (χ1n) is 7.92. The molecule has 24 heavy (non-hydrogen) atoms. The predicted octanol–water partition coefficient (Wildman–Crippen LogP) is 2.95. The van der Waals surface area contributed by atoms with Crippen LogP contribution < -0.4 is 5.32 Å². The number of sulfonamides is 1. The molecule has 0 saturated carbocycles. The maximum atomic E-state index is 13.0. The van der Waals surface area contributed by atoms with Crippen LogP contribution in [0.1, 0.15) is 30.9 Å². The van der Waals surface area contributed by atoms with E-state index in [1.165, 1.54) is 4.31 Å². The van der Waals surface area contributed by atoms with Crippen molar-refractivity contribution in [2.75, 3.05) is 11.9 Å². The molecule has 0 bridgehead atoms. The Bertz CT molecular complexity index is 863. The van der Waals surface area contributed by atoms with E-state index in [0.717, 1.165) is 11.1 Å². The molecule has 1 aliphatic heterocycles. The summed E-state index contributed by atoms with van der Waals surface area (Å²) in [6.45, 7) is 4.30. The Morgan fingerprint density at radius 1 is 1.12 bits per heavy atom. The number of benzene rings is 2. The third-order valence-electron chi connectivity index (χ3n) is 4.33. The van der Waals surface area contributed by atoms with Crippen LogP contribution in [0.3, 0.4) is 0 Å². The van der Waals surface area contributed by atoms with Crippen LogP contribution in [0.5, 0.6) is 0 Å².